The molecule has 19 heavy (non-hydrogen) atoms. The lowest BCUT2D eigenvalue weighted by atomic mass is 10.4. The lowest BCUT2D eigenvalue weighted by Gasteiger charge is -1.95. The molecule has 0 aliphatic heterocycles. The molecule has 0 aliphatic carbocycles. The number of aryl methyl sites for hydroxylation is 2. The average molecular weight is 276 g/mol. The Morgan fingerprint density at radius 1 is 1.47 bits per heavy atom. The first-order valence-corrected chi connectivity index (χ1v) is 6.62. The maximum absolute atomic E-state index is 11.7. The monoisotopic (exact) mass is 276 g/mol. The van der Waals surface area contributed by atoms with Gasteiger partial charge in [-0.15, -0.1) is 11.3 Å². The van der Waals surface area contributed by atoms with Crippen molar-refractivity contribution in [3.63, 3.8) is 0 Å². The molecule has 0 aliphatic rings. The van der Waals surface area contributed by atoms with Gasteiger partial charge in [-0.25, -0.2) is 14.5 Å². The fourth-order valence-corrected chi connectivity index (χ4v) is 2.40. The number of thiophene rings is 1. The Bertz CT molecular complexity index is 751. The first kappa shape index (κ1) is 11.9. The number of rotatable bonds is 3. The zero-order valence-corrected chi connectivity index (χ0v) is 11.3. The summed E-state index contributed by atoms with van der Waals surface area (Å²) in [6.07, 6.45) is 1.48. The van der Waals surface area contributed by atoms with E-state index in [1.54, 1.807) is 18.4 Å². The molecule has 98 valence electrons. The van der Waals surface area contributed by atoms with Gasteiger partial charge < -0.3 is 4.42 Å². The van der Waals surface area contributed by atoms with E-state index < -0.39 is 0 Å². The predicted octanol–water partition coefficient (Wildman–Crippen LogP) is 1.66. The number of aromatic nitrogens is 4. The van der Waals surface area contributed by atoms with Crippen LogP contribution in [0.3, 0.4) is 0 Å². The quantitative estimate of drug-likeness (QED) is 0.729. The van der Waals surface area contributed by atoms with Gasteiger partial charge >= 0.3 is 5.69 Å². The number of oxazole rings is 1. The van der Waals surface area contributed by atoms with Crippen molar-refractivity contribution < 1.29 is 4.42 Å². The second-order valence-corrected chi connectivity index (χ2v) is 5.13. The Labute approximate surface area is 112 Å². The highest BCUT2D eigenvalue weighted by Crippen LogP contribution is 2.25. The van der Waals surface area contributed by atoms with Crippen LogP contribution in [0.2, 0.25) is 0 Å². The summed E-state index contributed by atoms with van der Waals surface area (Å²) in [5.41, 5.74) is 0.560. The van der Waals surface area contributed by atoms with E-state index >= 15 is 0 Å². The minimum Gasteiger partial charge on any atom is -0.440 e. The van der Waals surface area contributed by atoms with Crippen LogP contribution >= 0.6 is 11.3 Å². The molecule has 7 heteroatoms. The Morgan fingerprint density at radius 2 is 2.32 bits per heavy atom. The zero-order chi connectivity index (χ0) is 13.4. The highest BCUT2D eigenvalue weighted by molar-refractivity contribution is 7.13. The standard InChI is InChI=1S/C12H12N4O2S/c1-8-9(6-16-12(17)15(2)7-13-16)14-11(18-8)10-4-3-5-19-10/h3-5,7H,6H2,1-2H3. The van der Waals surface area contributed by atoms with E-state index in [4.69, 9.17) is 4.42 Å². The van der Waals surface area contributed by atoms with Crippen molar-refractivity contribution in [3.05, 3.63) is 45.8 Å². The zero-order valence-electron chi connectivity index (χ0n) is 10.5. The van der Waals surface area contributed by atoms with Crippen LogP contribution in [0.1, 0.15) is 11.5 Å². The van der Waals surface area contributed by atoms with Crippen LogP contribution in [-0.2, 0) is 13.6 Å². The topological polar surface area (TPSA) is 65.8 Å². The third-order valence-electron chi connectivity index (χ3n) is 2.81. The van der Waals surface area contributed by atoms with E-state index in [1.165, 1.54) is 15.6 Å². The Balaban J connectivity index is 1.94. The van der Waals surface area contributed by atoms with Crippen molar-refractivity contribution in [2.45, 2.75) is 13.5 Å². The van der Waals surface area contributed by atoms with Gasteiger partial charge in [-0.05, 0) is 18.4 Å². The van der Waals surface area contributed by atoms with Crippen LogP contribution in [-0.4, -0.2) is 19.3 Å². The molecule has 0 unspecified atom stereocenters. The largest absolute Gasteiger partial charge is 0.440 e. The van der Waals surface area contributed by atoms with E-state index in [-0.39, 0.29) is 5.69 Å². The molecule has 3 rings (SSSR count). The lowest BCUT2D eigenvalue weighted by molar-refractivity contribution is 0.535. The molecule has 3 heterocycles. The molecule has 0 radical (unpaired) electrons. The summed E-state index contributed by atoms with van der Waals surface area (Å²) in [6, 6.07) is 3.90. The third-order valence-corrected chi connectivity index (χ3v) is 3.67. The highest BCUT2D eigenvalue weighted by Gasteiger charge is 2.14. The summed E-state index contributed by atoms with van der Waals surface area (Å²) in [7, 11) is 1.67. The van der Waals surface area contributed by atoms with Crippen molar-refractivity contribution in [3.8, 4) is 10.8 Å². The van der Waals surface area contributed by atoms with Crippen molar-refractivity contribution in [2.24, 2.45) is 7.05 Å². The second-order valence-electron chi connectivity index (χ2n) is 4.18. The molecular formula is C12H12N4O2S. The Kier molecular flexibility index (Phi) is 2.83. The fraction of sp³-hybridized carbons (Fsp3) is 0.250. The van der Waals surface area contributed by atoms with Crippen LogP contribution < -0.4 is 5.69 Å². The van der Waals surface area contributed by atoms with E-state index in [1.807, 2.05) is 24.4 Å². The number of hydrogen-bond donors (Lipinski definition) is 0. The molecule has 0 aromatic carbocycles. The van der Waals surface area contributed by atoms with Crippen LogP contribution in [0.25, 0.3) is 10.8 Å². The van der Waals surface area contributed by atoms with Crippen molar-refractivity contribution in [2.75, 3.05) is 0 Å². The smallest absolute Gasteiger partial charge is 0.345 e. The molecular weight excluding hydrogens is 264 g/mol. The summed E-state index contributed by atoms with van der Waals surface area (Å²) in [4.78, 5) is 17.1. The Hall–Kier alpha value is -2.15. The molecule has 0 saturated heterocycles. The number of hydrogen-bond acceptors (Lipinski definition) is 5. The van der Waals surface area contributed by atoms with Crippen molar-refractivity contribution in [1.82, 2.24) is 19.3 Å². The average Bonchev–Trinajstić information content (AvgIpc) is 3.08. The maximum Gasteiger partial charge on any atom is 0.345 e. The molecule has 3 aromatic rings. The van der Waals surface area contributed by atoms with Gasteiger partial charge in [0.05, 0.1) is 11.4 Å². The Morgan fingerprint density at radius 3 is 2.95 bits per heavy atom. The minimum atomic E-state index is -0.167. The molecule has 0 amide bonds. The molecule has 0 fully saturated rings. The van der Waals surface area contributed by atoms with Gasteiger partial charge in [0, 0.05) is 7.05 Å². The summed E-state index contributed by atoms with van der Waals surface area (Å²) in [6.45, 7) is 2.16. The maximum atomic E-state index is 11.7. The first-order valence-electron chi connectivity index (χ1n) is 5.74. The highest BCUT2D eigenvalue weighted by atomic mass is 32.1. The SMILES string of the molecule is Cc1oc(-c2cccs2)nc1Cn1ncn(C)c1=O. The van der Waals surface area contributed by atoms with Crippen molar-refractivity contribution in [1.29, 1.82) is 0 Å². The van der Waals surface area contributed by atoms with E-state index in [9.17, 15) is 4.79 Å². The second kappa shape index (κ2) is 4.51. The summed E-state index contributed by atoms with van der Waals surface area (Å²) >= 11 is 1.57. The lowest BCUT2D eigenvalue weighted by Crippen LogP contribution is -2.23. The van der Waals surface area contributed by atoms with Crippen LogP contribution in [0.15, 0.2) is 33.1 Å². The molecule has 6 nitrogen and oxygen atoms in total. The van der Waals surface area contributed by atoms with Crippen LogP contribution in [0.4, 0.5) is 0 Å². The third kappa shape index (κ3) is 2.12. The van der Waals surface area contributed by atoms with Gasteiger partial charge in [-0.3, -0.25) is 4.57 Å². The van der Waals surface area contributed by atoms with Crippen LogP contribution in [0, 0.1) is 6.92 Å². The van der Waals surface area contributed by atoms with E-state index in [0.29, 0.717) is 18.2 Å². The molecule has 0 bridgehead atoms. The molecule has 3 aromatic heterocycles. The molecule has 0 atom stereocenters. The van der Waals surface area contributed by atoms with Gasteiger partial charge in [0.2, 0.25) is 5.89 Å². The normalized spacial score (nSPS) is 11.1. The van der Waals surface area contributed by atoms with Crippen molar-refractivity contribution >= 4 is 11.3 Å². The van der Waals surface area contributed by atoms with Gasteiger partial charge in [0.25, 0.3) is 0 Å². The fourth-order valence-electron chi connectivity index (χ4n) is 1.75. The molecule has 0 saturated carbocycles. The van der Waals surface area contributed by atoms with Crippen LogP contribution in [0.5, 0.6) is 0 Å². The van der Waals surface area contributed by atoms with E-state index in [0.717, 1.165) is 10.6 Å². The minimum absolute atomic E-state index is 0.167. The summed E-state index contributed by atoms with van der Waals surface area (Å²) in [5, 5.41) is 5.98. The van der Waals surface area contributed by atoms with E-state index in [2.05, 4.69) is 10.1 Å². The molecule has 0 spiro atoms. The predicted molar refractivity (Wildman–Crippen MR) is 71.1 cm³/mol. The summed E-state index contributed by atoms with van der Waals surface area (Å²) in [5.74, 6) is 1.30. The summed E-state index contributed by atoms with van der Waals surface area (Å²) < 4.78 is 8.42. The van der Waals surface area contributed by atoms with Gasteiger partial charge in [0.15, 0.2) is 0 Å². The first-order chi connectivity index (χ1) is 9.15. The van der Waals surface area contributed by atoms with Gasteiger partial charge in [0.1, 0.15) is 17.8 Å². The number of nitrogens with zero attached hydrogens (tertiary/aromatic N) is 4. The van der Waals surface area contributed by atoms with Gasteiger partial charge in [-0.1, -0.05) is 6.07 Å². The molecule has 0 N–H and O–H groups in total. The van der Waals surface area contributed by atoms with Gasteiger partial charge in [-0.2, -0.15) is 5.10 Å².